The third-order valence-corrected chi connectivity index (χ3v) is 11.1. The monoisotopic (exact) mass is 701 g/mol. The molecule has 0 fully saturated rings. The fourth-order valence-corrected chi connectivity index (χ4v) is 8.85. The van der Waals surface area contributed by atoms with Gasteiger partial charge in [-0.15, -0.1) is 0 Å². The van der Waals surface area contributed by atoms with E-state index in [9.17, 15) is 0 Å². The van der Waals surface area contributed by atoms with E-state index in [1.54, 1.807) is 0 Å². The van der Waals surface area contributed by atoms with Crippen LogP contribution < -0.4 is 5.56 Å². The molecule has 2 heteroatoms. The van der Waals surface area contributed by atoms with E-state index in [1.165, 1.54) is 5.56 Å². The van der Waals surface area contributed by atoms with E-state index in [0.717, 1.165) is 92.9 Å². The molecule has 10 aromatic rings. The molecule has 0 radical (unpaired) electrons. The van der Waals surface area contributed by atoms with Crippen LogP contribution in [0.3, 0.4) is 0 Å². The molecule has 0 bridgehead atoms. The Morgan fingerprint density at radius 1 is 0.436 bits per heavy atom. The van der Waals surface area contributed by atoms with Gasteiger partial charge in [-0.1, -0.05) is 183 Å². The van der Waals surface area contributed by atoms with Crippen molar-refractivity contribution in [2.45, 2.75) is 0 Å². The fraction of sp³-hybridized carbons (Fsp3) is 0. The van der Waals surface area contributed by atoms with Gasteiger partial charge in [0, 0.05) is 21.5 Å². The van der Waals surface area contributed by atoms with Crippen LogP contribution in [0, 0.1) is 0 Å². The SMILES string of the molecule is C=C/C=C(\C=C)c1c2ccccc2c(-c2ccc3c(c2)c2ccccc2c(=O)n3-c2c3ccccc3c(-c3ccccc3)c3ccccc23)c2ccccc12. The molecule has 1 aromatic heterocycles. The Bertz CT molecular complexity index is 3200. The molecule has 1 heterocycles. The maximum absolute atomic E-state index is 15.0. The summed E-state index contributed by atoms with van der Waals surface area (Å²) in [6.07, 6.45) is 5.77. The summed E-state index contributed by atoms with van der Waals surface area (Å²) in [4.78, 5) is 15.0. The van der Waals surface area contributed by atoms with Gasteiger partial charge in [-0.3, -0.25) is 9.36 Å². The van der Waals surface area contributed by atoms with Crippen LogP contribution in [0.15, 0.2) is 206 Å². The maximum Gasteiger partial charge on any atom is 0.263 e. The van der Waals surface area contributed by atoms with Crippen LogP contribution in [-0.2, 0) is 0 Å². The second kappa shape index (κ2) is 13.0. The van der Waals surface area contributed by atoms with E-state index in [1.807, 2.05) is 41.0 Å². The second-order valence-corrected chi connectivity index (χ2v) is 14.0. The van der Waals surface area contributed by atoms with E-state index in [4.69, 9.17) is 0 Å². The lowest BCUT2D eigenvalue weighted by Gasteiger charge is -2.21. The molecule has 0 N–H and O–H groups in total. The summed E-state index contributed by atoms with van der Waals surface area (Å²) < 4.78 is 1.97. The molecular formula is C53H35NO. The molecule has 55 heavy (non-hydrogen) atoms. The summed E-state index contributed by atoms with van der Waals surface area (Å²) in [7, 11) is 0. The van der Waals surface area contributed by atoms with Crippen molar-refractivity contribution in [2.75, 3.05) is 0 Å². The molecule has 10 rings (SSSR count). The number of benzene rings is 9. The average molecular weight is 702 g/mol. The van der Waals surface area contributed by atoms with Crippen molar-refractivity contribution in [1.82, 2.24) is 4.57 Å². The van der Waals surface area contributed by atoms with Gasteiger partial charge in [0.1, 0.15) is 0 Å². The largest absolute Gasteiger partial charge is 0.275 e. The van der Waals surface area contributed by atoms with Crippen LogP contribution in [0.1, 0.15) is 5.56 Å². The summed E-state index contributed by atoms with van der Waals surface area (Å²) in [5, 5.41) is 11.5. The lowest BCUT2D eigenvalue weighted by molar-refractivity contribution is 1.08. The summed E-state index contributed by atoms with van der Waals surface area (Å²) in [5.74, 6) is 0. The minimum Gasteiger partial charge on any atom is -0.275 e. The van der Waals surface area contributed by atoms with Gasteiger partial charge in [0.15, 0.2) is 0 Å². The van der Waals surface area contributed by atoms with E-state index in [0.29, 0.717) is 5.39 Å². The van der Waals surface area contributed by atoms with Crippen molar-refractivity contribution < 1.29 is 0 Å². The molecule has 0 saturated heterocycles. The van der Waals surface area contributed by atoms with Gasteiger partial charge in [0.25, 0.3) is 5.56 Å². The molecule has 0 aliphatic carbocycles. The molecule has 0 amide bonds. The zero-order valence-corrected chi connectivity index (χ0v) is 30.2. The standard InChI is InChI=1S/C53H35NO/c1-3-18-34(4-2)49-38-22-9-11-24-40(38)51(41-25-12-10-23-39(41)49)36-31-32-48-47(33-36)37-21-8-17-30-46(37)53(55)54(48)52-44-28-15-13-26-42(44)50(35-19-6-5-7-20-35)43-27-14-16-29-45(43)52/h3-33H,1-2H2/b34-18+. The van der Waals surface area contributed by atoms with Crippen molar-refractivity contribution in [3.63, 3.8) is 0 Å². The number of fused-ring (bicyclic) bond motifs is 7. The predicted octanol–water partition coefficient (Wildman–Crippen LogP) is 13.8. The number of hydrogen-bond acceptors (Lipinski definition) is 1. The number of rotatable bonds is 6. The minimum absolute atomic E-state index is 0.0372. The highest BCUT2D eigenvalue weighted by Crippen LogP contribution is 2.45. The molecule has 0 spiro atoms. The van der Waals surface area contributed by atoms with Crippen molar-refractivity contribution >= 4 is 70.3 Å². The highest BCUT2D eigenvalue weighted by atomic mass is 16.1. The zero-order chi connectivity index (χ0) is 37.0. The van der Waals surface area contributed by atoms with Gasteiger partial charge in [-0.2, -0.15) is 0 Å². The Morgan fingerprint density at radius 3 is 1.44 bits per heavy atom. The Morgan fingerprint density at radius 2 is 0.891 bits per heavy atom. The summed E-state index contributed by atoms with van der Waals surface area (Å²) in [5.41, 5.74) is 8.45. The lowest BCUT2D eigenvalue weighted by atomic mass is 9.85. The first-order valence-electron chi connectivity index (χ1n) is 18.6. The van der Waals surface area contributed by atoms with Crippen LogP contribution in [0.2, 0.25) is 0 Å². The molecule has 2 nitrogen and oxygen atoms in total. The Kier molecular flexibility index (Phi) is 7.64. The molecule has 9 aromatic carbocycles. The van der Waals surface area contributed by atoms with Crippen LogP contribution in [0.4, 0.5) is 0 Å². The van der Waals surface area contributed by atoms with Crippen molar-refractivity contribution in [1.29, 1.82) is 0 Å². The van der Waals surface area contributed by atoms with Gasteiger partial charge < -0.3 is 0 Å². The number of aromatic nitrogens is 1. The second-order valence-electron chi connectivity index (χ2n) is 14.0. The first kappa shape index (κ1) is 32.4. The summed E-state index contributed by atoms with van der Waals surface area (Å²) in [6.45, 7) is 8.16. The first-order chi connectivity index (χ1) is 27.2. The molecule has 258 valence electrons. The van der Waals surface area contributed by atoms with E-state index >= 15 is 4.79 Å². The Labute approximate surface area is 318 Å². The quantitative estimate of drug-likeness (QED) is 0.0961. The highest BCUT2D eigenvalue weighted by Gasteiger charge is 2.22. The number of nitrogens with zero attached hydrogens (tertiary/aromatic N) is 1. The Hall–Kier alpha value is -7.29. The third-order valence-electron chi connectivity index (χ3n) is 11.1. The van der Waals surface area contributed by atoms with Crippen LogP contribution >= 0.6 is 0 Å². The lowest BCUT2D eigenvalue weighted by Crippen LogP contribution is -2.20. The maximum atomic E-state index is 15.0. The van der Waals surface area contributed by atoms with Gasteiger partial charge in [0.2, 0.25) is 0 Å². The van der Waals surface area contributed by atoms with Crippen molar-refractivity contribution in [2.24, 2.45) is 0 Å². The topological polar surface area (TPSA) is 22.0 Å². The van der Waals surface area contributed by atoms with Crippen LogP contribution in [0.25, 0.3) is 98.3 Å². The van der Waals surface area contributed by atoms with Gasteiger partial charge in [0.05, 0.1) is 11.2 Å². The highest BCUT2D eigenvalue weighted by molar-refractivity contribution is 6.22. The predicted molar refractivity (Wildman–Crippen MR) is 236 cm³/mol. The van der Waals surface area contributed by atoms with E-state index in [2.05, 4.69) is 165 Å². The molecule has 0 atom stereocenters. The van der Waals surface area contributed by atoms with Crippen molar-refractivity contribution in [3.8, 4) is 27.9 Å². The number of hydrogen-bond donors (Lipinski definition) is 0. The minimum atomic E-state index is -0.0372. The van der Waals surface area contributed by atoms with Crippen LogP contribution in [-0.4, -0.2) is 4.57 Å². The molecule has 0 unspecified atom stereocenters. The molecule has 0 aliphatic rings. The summed E-state index contributed by atoms with van der Waals surface area (Å²) >= 11 is 0. The number of pyridine rings is 1. The Balaban J connectivity index is 1.34. The average Bonchev–Trinajstić information content (AvgIpc) is 3.25. The fourth-order valence-electron chi connectivity index (χ4n) is 8.85. The number of allylic oxidation sites excluding steroid dienone is 4. The third kappa shape index (κ3) is 4.92. The van der Waals surface area contributed by atoms with Crippen LogP contribution in [0.5, 0.6) is 0 Å². The zero-order valence-electron chi connectivity index (χ0n) is 30.2. The van der Waals surface area contributed by atoms with Gasteiger partial charge >= 0.3 is 0 Å². The molecular weight excluding hydrogens is 667 g/mol. The smallest absolute Gasteiger partial charge is 0.263 e. The van der Waals surface area contributed by atoms with Gasteiger partial charge in [-0.05, 0) is 89.3 Å². The van der Waals surface area contributed by atoms with E-state index < -0.39 is 0 Å². The first-order valence-corrected chi connectivity index (χ1v) is 18.6. The normalized spacial score (nSPS) is 12.0. The molecule has 0 aliphatic heterocycles. The van der Waals surface area contributed by atoms with Gasteiger partial charge in [-0.25, -0.2) is 0 Å². The summed E-state index contributed by atoms with van der Waals surface area (Å²) in [6, 6.07) is 59.5. The van der Waals surface area contributed by atoms with Crippen molar-refractivity contribution in [3.05, 3.63) is 217 Å². The molecule has 0 saturated carbocycles. The van der Waals surface area contributed by atoms with E-state index in [-0.39, 0.29) is 5.56 Å².